The van der Waals surface area contributed by atoms with Crippen molar-refractivity contribution >= 4 is 16.6 Å². The van der Waals surface area contributed by atoms with Crippen LogP contribution in [0.5, 0.6) is 0 Å². The zero-order valence-corrected chi connectivity index (χ0v) is 15.2. The number of rotatable bonds is 4. The summed E-state index contributed by atoms with van der Waals surface area (Å²) >= 11 is 0. The molecule has 130 valence electrons. The minimum Gasteiger partial charge on any atom is -0.372 e. The quantitative estimate of drug-likeness (QED) is 0.517. The van der Waals surface area contributed by atoms with E-state index in [-0.39, 0.29) is 0 Å². The van der Waals surface area contributed by atoms with Crippen molar-refractivity contribution in [1.82, 2.24) is 4.57 Å². The van der Waals surface area contributed by atoms with Crippen LogP contribution in [0.15, 0.2) is 72.8 Å². The molecule has 0 bridgehead atoms. The van der Waals surface area contributed by atoms with Crippen molar-refractivity contribution in [3.63, 3.8) is 0 Å². The van der Waals surface area contributed by atoms with Crippen molar-refractivity contribution in [2.75, 3.05) is 18.0 Å². The Morgan fingerprint density at radius 3 is 2.35 bits per heavy atom. The topological polar surface area (TPSA) is 32.0 Å². The Morgan fingerprint density at radius 1 is 0.846 bits per heavy atom. The third-order valence-electron chi connectivity index (χ3n) is 4.98. The van der Waals surface area contributed by atoms with E-state index < -0.39 is 0 Å². The van der Waals surface area contributed by atoms with Gasteiger partial charge in [-0.15, -0.1) is 0 Å². The average molecular weight is 341 g/mol. The molecule has 0 fully saturated rings. The molecule has 0 spiro atoms. The molecule has 1 heterocycles. The Bertz CT molecular complexity index is 1080. The number of nitrogens with one attached hydrogen (secondary N) is 1. The van der Waals surface area contributed by atoms with Crippen molar-refractivity contribution in [1.29, 1.82) is 5.41 Å². The second-order valence-electron chi connectivity index (χ2n) is 6.50. The van der Waals surface area contributed by atoms with Gasteiger partial charge in [-0.25, -0.2) is 0 Å². The van der Waals surface area contributed by atoms with E-state index in [1.807, 2.05) is 24.3 Å². The Balaban J connectivity index is 2.11. The smallest absolute Gasteiger partial charge is 0.0561 e. The first-order chi connectivity index (χ1) is 12.7. The van der Waals surface area contributed by atoms with E-state index >= 15 is 0 Å². The van der Waals surface area contributed by atoms with E-state index in [1.165, 1.54) is 16.6 Å². The molecule has 26 heavy (non-hydrogen) atoms. The lowest BCUT2D eigenvalue weighted by Crippen LogP contribution is -2.21. The molecule has 4 rings (SSSR count). The number of aromatic nitrogens is 1. The van der Waals surface area contributed by atoms with Crippen molar-refractivity contribution in [3.8, 4) is 16.9 Å². The molecule has 2 aromatic carbocycles. The highest BCUT2D eigenvalue weighted by Crippen LogP contribution is 2.32. The van der Waals surface area contributed by atoms with E-state index in [9.17, 15) is 0 Å². The number of hydrogen-bond donors (Lipinski definition) is 1. The number of nitrogens with zero attached hydrogens (tertiary/aromatic N) is 2. The second kappa shape index (κ2) is 6.68. The summed E-state index contributed by atoms with van der Waals surface area (Å²) in [6.45, 7) is 6.34. The summed E-state index contributed by atoms with van der Waals surface area (Å²) in [7, 11) is 0. The average Bonchev–Trinajstić information content (AvgIpc) is 2.68. The highest BCUT2D eigenvalue weighted by molar-refractivity contribution is 5.90. The van der Waals surface area contributed by atoms with Crippen LogP contribution in [0.4, 0.5) is 5.69 Å². The molecule has 1 N–H and O–H groups in total. The molecular formula is C23H23N3. The van der Waals surface area contributed by atoms with Gasteiger partial charge in [-0.3, -0.25) is 0 Å². The van der Waals surface area contributed by atoms with Crippen molar-refractivity contribution < 1.29 is 0 Å². The Morgan fingerprint density at radius 2 is 1.62 bits per heavy atom. The molecule has 1 aliphatic heterocycles. The largest absolute Gasteiger partial charge is 0.372 e. The molecule has 2 aliphatic rings. The first kappa shape index (κ1) is 16.4. The van der Waals surface area contributed by atoms with Gasteiger partial charge in [0, 0.05) is 24.5 Å². The van der Waals surface area contributed by atoms with Crippen LogP contribution in [-0.4, -0.2) is 17.7 Å². The van der Waals surface area contributed by atoms with Crippen LogP contribution in [0.2, 0.25) is 0 Å². The fourth-order valence-electron chi connectivity index (χ4n) is 3.65. The first-order valence-electron chi connectivity index (χ1n) is 9.16. The maximum absolute atomic E-state index is 8.09. The van der Waals surface area contributed by atoms with E-state index in [1.54, 1.807) is 0 Å². The number of benzene rings is 3. The lowest BCUT2D eigenvalue weighted by Gasteiger charge is -2.24. The van der Waals surface area contributed by atoms with Gasteiger partial charge in [-0.1, -0.05) is 30.3 Å². The minimum atomic E-state index is 0.529. The van der Waals surface area contributed by atoms with Crippen LogP contribution >= 0.6 is 0 Å². The molecule has 2 aromatic rings. The van der Waals surface area contributed by atoms with Gasteiger partial charge in [-0.2, -0.15) is 0 Å². The molecule has 0 amide bonds. The molecule has 3 heteroatoms. The first-order valence-corrected chi connectivity index (χ1v) is 9.16. The van der Waals surface area contributed by atoms with Crippen LogP contribution in [-0.2, 0) is 0 Å². The monoisotopic (exact) mass is 341 g/mol. The summed E-state index contributed by atoms with van der Waals surface area (Å²) in [6, 6.07) is 25.1. The third-order valence-corrected chi connectivity index (χ3v) is 4.98. The van der Waals surface area contributed by atoms with E-state index in [2.05, 4.69) is 71.8 Å². The molecule has 1 aliphatic carbocycles. The van der Waals surface area contributed by atoms with E-state index in [0.29, 0.717) is 5.36 Å². The number of para-hydroxylation sites is 1. The van der Waals surface area contributed by atoms with Gasteiger partial charge in [0.2, 0.25) is 0 Å². The van der Waals surface area contributed by atoms with Gasteiger partial charge in [-0.05, 0) is 67.3 Å². The molecule has 3 nitrogen and oxygen atoms in total. The molecule has 0 aromatic heterocycles. The highest BCUT2D eigenvalue weighted by atomic mass is 15.1. The fourth-order valence-corrected chi connectivity index (χ4v) is 3.65. The van der Waals surface area contributed by atoms with Crippen molar-refractivity contribution in [3.05, 3.63) is 78.2 Å². The predicted molar refractivity (Wildman–Crippen MR) is 109 cm³/mol. The number of pyridine rings is 1. The fraction of sp³-hybridized carbons (Fsp3) is 0.174. The predicted octanol–water partition coefficient (Wildman–Crippen LogP) is 5.06. The molecule has 0 saturated carbocycles. The van der Waals surface area contributed by atoms with Crippen LogP contribution < -0.4 is 10.3 Å². The lowest BCUT2D eigenvalue weighted by atomic mass is 10.0. The van der Waals surface area contributed by atoms with Gasteiger partial charge < -0.3 is 14.9 Å². The zero-order valence-electron chi connectivity index (χ0n) is 15.2. The van der Waals surface area contributed by atoms with Crippen LogP contribution in [0.3, 0.4) is 0 Å². The van der Waals surface area contributed by atoms with Gasteiger partial charge in [0.25, 0.3) is 0 Å². The van der Waals surface area contributed by atoms with Gasteiger partial charge in [0.15, 0.2) is 0 Å². The SMILES string of the molecule is CCN(CC)c1ccc2cc3ccc(=N)cc-3n(-c3ccccc3)c2c1. The summed E-state index contributed by atoms with van der Waals surface area (Å²) in [6.07, 6.45) is 0. The second-order valence-corrected chi connectivity index (χ2v) is 6.50. The van der Waals surface area contributed by atoms with Gasteiger partial charge in [0.1, 0.15) is 0 Å². The van der Waals surface area contributed by atoms with Crippen molar-refractivity contribution in [2.45, 2.75) is 13.8 Å². The molecular weight excluding hydrogens is 318 g/mol. The normalized spacial score (nSPS) is 11.2. The highest BCUT2D eigenvalue weighted by Gasteiger charge is 2.14. The number of hydrogen-bond acceptors (Lipinski definition) is 2. The van der Waals surface area contributed by atoms with E-state index in [4.69, 9.17) is 5.41 Å². The third kappa shape index (κ3) is 2.76. The summed E-state index contributed by atoms with van der Waals surface area (Å²) < 4.78 is 2.27. The molecule has 0 atom stereocenters. The summed E-state index contributed by atoms with van der Waals surface area (Å²) in [4.78, 5) is 2.36. The number of anilines is 1. The Kier molecular flexibility index (Phi) is 4.21. The summed E-state index contributed by atoms with van der Waals surface area (Å²) in [5.74, 6) is 0. The van der Waals surface area contributed by atoms with Crippen LogP contribution in [0, 0.1) is 5.41 Å². The molecule has 0 saturated heterocycles. The maximum Gasteiger partial charge on any atom is 0.0561 e. The summed E-state index contributed by atoms with van der Waals surface area (Å²) in [5, 5.41) is 9.83. The van der Waals surface area contributed by atoms with Gasteiger partial charge in [0.05, 0.1) is 16.6 Å². The standard InChI is InChI=1S/C23H23N3/c1-3-25(4-2)21-13-11-18-14-17-10-12-19(24)15-22(17)26(23(18)16-21)20-8-6-5-7-9-20/h5-16,24H,3-4H2,1-2H3. The van der Waals surface area contributed by atoms with Crippen LogP contribution in [0.25, 0.3) is 27.8 Å². The minimum absolute atomic E-state index is 0.529. The maximum atomic E-state index is 8.09. The summed E-state index contributed by atoms with van der Waals surface area (Å²) in [5.41, 5.74) is 5.72. The molecule has 0 unspecified atom stereocenters. The van der Waals surface area contributed by atoms with Gasteiger partial charge >= 0.3 is 0 Å². The Labute approximate surface area is 154 Å². The van der Waals surface area contributed by atoms with E-state index in [0.717, 1.165) is 30.0 Å². The lowest BCUT2D eigenvalue weighted by molar-refractivity contribution is 0.866. The Hall–Kier alpha value is -3.07. The van der Waals surface area contributed by atoms with Crippen LogP contribution in [0.1, 0.15) is 13.8 Å². The molecule has 0 radical (unpaired) electrons. The zero-order chi connectivity index (χ0) is 18.1. The van der Waals surface area contributed by atoms with Crippen molar-refractivity contribution in [2.24, 2.45) is 0 Å². The number of fused-ring (bicyclic) bond motifs is 2.